The molecule has 2 aliphatic heterocycles. The number of amides is 1. The molecule has 0 atom stereocenters. The highest BCUT2D eigenvalue weighted by Gasteiger charge is 2.33. The topological polar surface area (TPSA) is 61.2 Å². The van der Waals surface area contributed by atoms with E-state index in [-0.39, 0.29) is 11.5 Å². The van der Waals surface area contributed by atoms with Crippen molar-refractivity contribution in [2.24, 2.45) is 0 Å². The van der Waals surface area contributed by atoms with Crippen molar-refractivity contribution in [2.75, 3.05) is 44.2 Å². The van der Waals surface area contributed by atoms with Gasteiger partial charge in [0.05, 0.1) is 10.5 Å². The predicted molar refractivity (Wildman–Crippen MR) is 151 cm³/mol. The number of benzene rings is 1. The summed E-state index contributed by atoms with van der Waals surface area (Å²) in [5, 5.41) is 0. The Morgan fingerprint density at radius 3 is 2.53 bits per heavy atom. The molecule has 2 aromatic heterocycles. The number of carbonyl (C=O) groups is 1. The van der Waals surface area contributed by atoms with Gasteiger partial charge in [0, 0.05) is 38.9 Å². The number of carbonyl (C=O) groups excluding carboxylic acids is 1. The Balaban J connectivity index is 1.51. The van der Waals surface area contributed by atoms with E-state index in [4.69, 9.17) is 17.2 Å². The quantitative estimate of drug-likeness (QED) is 0.364. The van der Waals surface area contributed by atoms with Gasteiger partial charge >= 0.3 is 0 Å². The predicted octanol–water partition coefficient (Wildman–Crippen LogP) is 3.59. The lowest BCUT2D eigenvalue weighted by Crippen LogP contribution is -2.47. The molecule has 1 amide bonds. The Bertz CT molecular complexity index is 1390. The zero-order chi connectivity index (χ0) is 25.2. The molecule has 5 rings (SSSR count). The van der Waals surface area contributed by atoms with Gasteiger partial charge in [0.2, 0.25) is 0 Å². The molecule has 2 aliphatic rings. The minimum Gasteiger partial charge on any atom is -0.353 e. The SMILES string of the molecule is CCN1CCN(c2nc3c(C)cccn3c(=O)c2C=C2SC(=S)N(CCc3ccccc3)C2=O)CC1. The molecule has 36 heavy (non-hydrogen) atoms. The van der Waals surface area contributed by atoms with Crippen LogP contribution in [0.1, 0.15) is 23.6 Å². The van der Waals surface area contributed by atoms with Crippen molar-refractivity contribution in [3.63, 3.8) is 0 Å². The number of hydrogen-bond donors (Lipinski definition) is 0. The summed E-state index contributed by atoms with van der Waals surface area (Å²) in [4.78, 5) is 38.6. The number of thioether (sulfide) groups is 1. The number of anilines is 1. The summed E-state index contributed by atoms with van der Waals surface area (Å²) in [5.74, 6) is 0.482. The summed E-state index contributed by atoms with van der Waals surface area (Å²) in [7, 11) is 0. The second-order valence-electron chi connectivity index (χ2n) is 9.03. The highest BCUT2D eigenvalue weighted by molar-refractivity contribution is 8.26. The van der Waals surface area contributed by atoms with E-state index in [9.17, 15) is 9.59 Å². The van der Waals surface area contributed by atoms with E-state index in [0.29, 0.717) is 39.2 Å². The first kappa shape index (κ1) is 24.7. The molecule has 0 unspecified atom stereocenters. The molecule has 186 valence electrons. The second kappa shape index (κ2) is 10.5. The van der Waals surface area contributed by atoms with Gasteiger partial charge in [0.1, 0.15) is 15.8 Å². The average Bonchev–Trinajstić information content (AvgIpc) is 3.17. The van der Waals surface area contributed by atoms with Crippen LogP contribution in [-0.2, 0) is 11.2 Å². The Morgan fingerprint density at radius 2 is 1.81 bits per heavy atom. The standard InChI is InChI=1S/C27H29N5O2S2/c1-3-29-14-16-30(17-15-29)24-21(25(33)31-12-7-8-19(2)23(31)28-24)18-22-26(34)32(27(35)36-22)13-11-20-9-5-4-6-10-20/h4-10,12,18H,3,11,13-17H2,1-2H3. The normalized spacial score (nSPS) is 18.1. The van der Waals surface area contributed by atoms with Gasteiger partial charge in [-0.3, -0.25) is 18.9 Å². The Labute approximate surface area is 220 Å². The number of fused-ring (bicyclic) bond motifs is 1. The van der Waals surface area contributed by atoms with Crippen LogP contribution in [0, 0.1) is 6.92 Å². The van der Waals surface area contributed by atoms with Crippen LogP contribution in [0.15, 0.2) is 58.4 Å². The molecule has 0 radical (unpaired) electrons. The van der Waals surface area contributed by atoms with Crippen LogP contribution in [0.5, 0.6) is 0 Å². The molecular weight excluding hydrogens is 490 g/mol. The maximum absolute atomic E-state index is 13.7. The number of aromatic nitrogens is 2. The first-order valence-corrected chi connectivity index (χ1v) is 13.5. The van der Waals surface area contributed by atoms with E-state index in [0.717, 1.165) is 43.9 Å². The number of pyridine rings is 1. The fraction of sp³-hybridized carbons (Fsp3) is 0.333. The molecule has 0 N–H and O–H groups in total. The van der Waals surface area contributed by atoms with Crippen LogP contribution in [0.4, 0.5) is 5.82 Å². The Morgan fingerprint density at radius 1 is 1.06 bits per heavy atom. The summed E-state index contributed by atoms with van der Waals surface area (Å²) in [5.41, 5.74) is 2.99. The summed E-state index contributed by atoms with van der Waals surface area (Å²) < 4.78 is 2.09. The number of hydrogen-bond acceptors (Lipinski definition) is 7. The number of likely N-dealkylation sites (N-methyl/N-ethyl adjacent to an activating group) is 1. The van der Waals surface area contributed by atoms with Crippen molar-refractivity contribution in [1.29, 1.82) is 0 Å². The van der Waals surface area contributed by atoms with E-state index in [2.05, 4.69) is 16.7 Å². The largest absolute Gasteiger partial charge is 0.353 e. The zero-order valence-corrected chi connectivity index (χ0v) is 22.1. The first-order valence-electron chi connectivity index (χ1n) is 12.2. The number of thiocarbonyl (C=S) groups is 1. The maximum atomic E-state index is 13.7. The van der Waals surface area contributed by atoms with Crippen molar-refractivity contribution >= 4 is 51.7 Å². The lowest BCUT2D eigenvalue weighted by atomic mass is 10.1. The van der Waals surface area contributed by atoms with Crippen molar-refractivity contribution in [1.82, 2.24) is 19.2 Å². The van der Waals surface area contributed by atoms with Crippen LogP contribution in [0.25, 0.3) is 11.7 Å². The molecule has 1 aromatic carbocycles. The smallest absolute Gasteiger partial charge is 0.267 e. The third-order valence-electron chi connectivity index (χ3n) is 6.80. The molecule has 7 nitrogen and oxygen atoms in total. The van der Waals surface area contributed by atoms with Crippen LogP contribution < -0.4 is 10.5 Å². The van der Waals surface area contributed by atoms with Gasteiger partial charge < -0.3 is 9.80 Å². The van der Waals surface area contributed by atoms with E-state index < -0.39 is 0 Å². The highest BCUT2D eigenvalue weighted by atomic mass is 32.2. The molecular formula is C27H29N5O2S2. The fourth-order valence-electron chi connectivity index (χ4n) is 4.65. The number of nitrogens with zero attached hydrogens (tertiary/aromatic N) is 5. The highest BCUT2D eigenvalue weighted by Crippen LogP contribution is 2.34. The molecule has 0 bridgehead atoms. The van der Waals surface area contributed by atoms with Crippen LogP contribution in [0.2, 0.25) is 0 Å². The van der Waals surface area contributed by atoms with Crippen molar-refractivity contribution < 1.29 is 4.79 Å². The Hall–Kier alpha value is -3.01. The molecule has 0 spiro atoms. The lowest BCUT2D eigenvalue weighted by molar-refractivity contribution is -0.122. The number of rotatable bonds is 6. The van der Waals surface area contributed by atoms with E-state index in [1.165, 1.54) is 11.8 Å². The summed E-state index contributed by atoms with van der Waals surface area (Å²) in [6, 6.07) is 13.8. The molecule has 0 saturated carbocycles. The minimum absolute atomic E-state index is 0.156. The summed E-state index contributed by atoms with van der Waals surface area (Å²) >= 11 is 6.80. The van der Waals surface area contributed by atoms with Gasteiger partial charge in [-0.05, 0) is 43.2 Å². The van der Waals surface area contributed by atoms with Crippen molar-refractivity contribution in [3.8, 4) is 0 Å². The van der Waals surface area contributed by atoms with Gasteiger partial charge in [-0.25, -0.2) is 4.98 Å². The second-order valence-corrected chi connectivity index (χ2v) is 10.7. The summed E-state index contributed by atoms with van der Waals surface area (Å²) in [6.07, 6.45) is 4.15. The molecule has 4 heterocycles. The number of piperazine rings is 1. The molecule has 3 aromatic rings. The third kappa shape index (κ3) is 4.83. The Kier molecular flexibility index (Phi) is 7.22. The van der Waals surface area contributed by atoms with Gasteiger partial charge in [0.25, 0.3) is 11.5 Å². The lowest BCUT2D eigenvalue weighted by Gasteiger charge is -2.35. The monoisotopic (exact) mass is 519 g/mol. The van der Waals surface area contributed by atoms with Crippen molar-refractivity contribution in [2.45, 2.75) is 20.3 Å². The third-order valence-corrected chi connectivity index (χ3v) is 8.18. The molecule has 2 saturated heterocycles. The van der Waals surface area contributed by atoms with Gasteiger partial charge in [-0.1, -0.05) is 67.3 Å². The minimum atomic E-state index is -0.175. The van der Waals surface area contributed by atoms with Gasteiger partial charge in [-0.2, -0.15) is 0 Å². The van der Waals surface area contributed by atoms with E-state index in [1.807, 2.05) is 49.4 Å². The first-order chi connectivity index (χ1) is 17.5. The van der Waals surface area contributed by atoms with Crippen LogP contribution in [-0.4, -0.2) is 68.7 Å². The van der Waals surface area contributed by atoms with Crippen LogP contribution >= 0.6 is 24.0 Å². The van der Waals surface area contributed by atoms with Crippen molar-refractivity contribution in [3.05, 3.63) is 80.6 Å². The van der Waals surface area contributed by atoms with Gasteiger partial charge in [0.15, 0.2) is 0 Å². The zero-order valence-electron chi connectivity index (χ0n) is 20.5. The summed E-state index contributed by atoms with van der Waals surface area (Å²) in [6.45, 7) is 9.00. The molecule has 0 aliphatic carbocycles. The van der Waals surface area contributed by atoms with E-state index >= 15 is 0 Å². The average molecular weight is 520 g/mol. The molecule has 2 fully saturated rings. The van der Waals surface area contributed by atoms with E-state index in [1.54, 1.807) is 21.6 Å². The van der Waals surface area contributed by atoms with Crippen LogP contribution in [0.3, 0.4) is 0 Å². The number of aryl methyl sites for hydroxylation is 1. The molecule has 9 heteroatoms. The fourth-order valence-corrected chi connectivity index (χ4v) is 5.94. The maximum Gasteiger partial charge on any atom is 0.267 e. The van der Waals surface area contributed by atoms with Gasteiger partial charge in [-0.15, -0.1) is 0 Å².